The minimum Gasteiger partial charge on any atom is -0.328 e. The first-order chi connectivity index (χ1) is 6.90. The second kappa shape index (κ2) is 5.76. The van der Waals surface area contributed by atoms with Crippen LogP contribution in [0.25, 0.3) is 11.3 Å². The molecule has 79 valence electrons. The van der Waals surface area contributed by atoms with Crippen molar-refractivity contribution in [3.63, 3.8) is 0 Å². The van der Waals surface area contributed by atoms with Crippen LogP contribution in [0.1, 0.15) is 5.56 Å². The fourth-order valence-electron chi connectivity index (χ4n) is 1.31. The molecule has 0 saturated heterocycles. The van der Waals surface area contributed by atoms with Crippen LogP contribution < -0.4 is 5.73 Å². The van der Waals surface area contributed by atoms with Gasteiger partial charge in [-0.15, -0.1) is 35.4 Å². The number of nitrogens with zero attached hydrogens (tertiary/aromatic N) is 1. The summed E-state index contributed by atoms with van der Waals surface area (Å²) in [6.45, 7) is 0.515. The third-order valence-corrected chi connectivity index (χ3v) is 2.02. The molecule has 0 aliphatic heterocycles. The Morgan fingerprint density at radius 3 is 2.67 bits per heavy atom. The first-order valence-corrected chi connectivity index (χ1v) is 4.53. The zero-order valence-corrected chi connectivity index (χ0v) is 10.5. The van der Waals surface area contributed by atoms with Crippen LogP contribution in [0.4, 0.5) is 0 Å². The molecule has 1 aromatic carbocycles. The van der Waals surface area contributed by atoms with Gasteiger partial charge in [-0.25, -0.2) is 0 Å². The number of hydrogen-bond acceptors (Lipinski definition) is 2. The Bertz CT molecular complexity index is 415. The Balaban J connectivity index is 0.00000112. The number of hydrogen-bond donors (Lipinski definition) is 1. The summed E-state index contributed by atoms with van der Waals surface area (Å²) in [6, 6.07) is 15.0. The molecule has 0 unspecified atom stereocenters. The first-order valence-electron chi connectivity index (χ1n) is 4.53. The number of benzene rings is 1. The average Bonchev–Trinajstić information content (AvgIpc) is 2.30. The molecule has 1 radical (unpaired) electrons. The predicted molar refractivity (Wildman–Crippen MR) is 56.4 cm³/mol. The van der Waals surface area contributed by atoms with Crippen molar-refractivity contribution in [2.24, 2.45) is 5.73 Å². The van der Waals surface area contributed by atoms with Crippen molar-refractivity contribution < 1.29 is 20.1 Å². The summed E-state index contributed by atoms with van der Waals surface area (Å²) < 4.78 is 0. The topological polar surface area (TPSA) is 38.9 Å². The second-order valence-electron chi connectivity index (χ2n) is 3.01. The smallest absolute Gasteiger partial charge is 0.0160 e. The molecule has 0 atom stereocenters. The van der Waals surface area contributed by atoms with Crippen LogP contribution in [-0.2, 0) is 26.7 Å². The number of nitrogens with two attached hydrogens (primary N) is 1. The van der Waals surface area contributed by atoms with Gasteiger partial charge in [0, 0.05) is 32.8 Å². The van der Waals surface area contributed by atoms with Crippen molar-refractivity contribution in [2.45, 2.75) is 6.54 Å². The Morgan fingerprint density at radius 1 is 1.13 bits per heavy atom. The zero-order valence-electron chi connectivity index (χ0n) is 8.11. The van der Waals surface area contributed by atoms with Gasteiger partial charge in [0.25, 0.3) is 0 Å². The molecule has 0 amide bonds. The van der Waals surface area contributed by atoms with Crippen molar-refractivity contribution in [1.29, 1.82) is 0 Å². The Labute approximate surface area is 103 Å². The van der Waals surface area contributed by atoms with Gasteiger partial charge in [-0.1, -0.05) is 12.1 Å². The average molecular weight is 375 g/mol. The van der Waals surface area contributed by atoms with Crippen molar-refractivity contribution in [3.05, 3.63) is 54.2 Å². The van der Waals surface area contributed by atoms with Crippen LogP contribution >= 0.6 is 0 Å². The van der Waals surface area contributed by atoms with Gasteiger partial charge < -0.3 is 10.7 Å². The van der Waals surface area contributed by atoms with Gasteiger partial charge in [0.15, 0.2) is 0 Å². The standard InChI is InChI=1S/C12H11N2.Ir/c13-9-10-4-3-5-11(8-10)12-6-1-2-7-14-12;/h1-7H,9,13H2;/q-1;. The molecule has 2 N–H and O–H groups in total. The van der Waals surface area contributed by atoms with Crippen LogP contribution in [0.2, 0.25) is 0 Å². The number of pyridine rings is 1. The number of rotatable bonds is 2. The molecule has 1 heterocycles. The van der Waals surface area contributed by atoms with Crippen LogP contribution in [0.3, 0.4) is 0 Å². The normalized spacial score (nSPS) is 9.40. The molecule has 3 heteroatoms. The van der Waals surface area contributed by atoms with Crippen LogP contribution in [-0.4, -0.2) is 4.98 Å². The van der Waals surface area contributed by atoms with Crippen LogP contribution in [0.15, 0.2) is 42.6 Å². The molecular weight excluding hydrogens is 364 g/mol. The summed E-state index contributed by atoms with van der Waals surface area (Å²) in [5.74, 6) is 0. The maximum atomic E-state index is 5.55. The fourth-order valence-corrected chi connectivity index (χ4v) is 1.31. The Hall–Kier alpha value is -1.02. The Kier molecular flexibility index (Phi) is 4.63. The molecule has 2 aromatic rings. The van der Waals surface area contributed by atoms with E-state index in [1.165, 1.54) is 0 Å². The summed E-state index contributed by atoms with van der Waals surface area (Å²) in [5, 5.41) is 0. The SMILES string of the molecule is NCc1[c-]c(-c2ccccn2)ccc1.[Ir]. The largest absolute Gasteiger partial charge is 0.328 e. The van der Waals surface area contributed by atoms with Gasteiger partial charge in [-0.05, 0) is 11.8 Å². The van der Waals surface area contributed by atoms with E-state index in [0.717, 1.165) is 16.8 Å². The summed E-state index contributed by atoms with van der Waals surface area (Å²) in [4.78, 5) is 4.25. The zero-order chi connectivity index (χ0) is 9.80. The van der Waals surface area contributed by atoms with Gasteiger partial charge in [-0.3, -0.25) is 0 Å². The molecule has 15 heavy (non-hydrogen) atoms. The summed E-state index contributed by atoms with van der Waals surface area (Å²) in [6.07, 6.45) is 1.78. The van der Waals surface area contributed by atoms with E-state index in [1.807, 2.05) is 36.4 Å². The van der Waals surface area contributed by atoms with E-state index in [4.69, 9.17) is 5.73 Å². The number of aromatic nitrogens is 1. The van der Waals surface area contributed by atoms with E-state index < -0.39 is 0 Å². The Morgan fingerprint density at radius 2 is 2.00 bits per heavy atom. The van der Waals surface area contributed by atoms with E-state index >= 15 is 0 Å². The summed E-state index contributed by atoms with van der Waals surface area (Å²) >= 11 is 0. The molecule has 1 aromatic heterocycles. The van der Waals surface area contributed by atoms with Crippen LogP contribution in [0, 0.1) is 6.07 Å². The molecule has 0 aliphatic rings. The van der Waals surface area contributed by atoms with E-state index in [9.17, 15) is 0 Å². The summed E-state index contributed by atoms with van der Waals surface area (Å²) in [5.41, 5.74) is 8.48. The molecule has 0 bridgehead atoms. The molecular formula is C12H11IrN2-. The van der Waals surface area contributed by atoms with Crippen molar-refractivity contribution >= 4 is 0 Å². The maximum Gasteiger partial charge on any atom is 0.0160 e. The molecule has 0 fully saturated rings. The second-order valence-corrected chi connectivity index (χ2v) is 3.01. The first kappa shape index (κ1) is 12.1. The maximum absolute atomic E-state index is 5.55. The van der Waals surface area contributed by atoms with Crippen molar-refractivity contribution in [1.82, 2.24) is 4.98 Å². The fraction of sp³-hybridized carbons (Fsp3) is 0.0833. The third kappa shape index (κ3) is 2.96. The monoisotopic (exact) mass is 376 g/mol. The molecule has 2 nitrogen and oxygen atoms in total. The van der Waals surface area contributed by atoms with Gasteiger partial charge >= 0.3 is 0 Å². The molecule has 0 saturated carbocycles. The quantitative estimate of drug-likeness (QED) is 0.816. The van der Waals surface area contributed by atoms with Crippen molar-refractivity contribution in [3.8, 4) is 11.3 Å². The predicted octanol–water partition coefficient (Wildman–Crippen LogP) is 2.00. The van der Waals surface area contributed by atoms with Gasteiger partial charge in [0.05, 0.1) is 0 Å². The van der Waals surface area contributed by atoms with Gasteiger partial charge in [0.1, 0.15) is 0 Å². The van der Waals surface area contributed by atoms with Crippen molar-refractivity contribution in [2.75, 3.05) is 0 Å². The minimum absolute atomic E-state index is 0. The van der Waals surface area contributed by atoms with E-state index in [2.05, 4.69) is 11.1 Å². The van der Waals surface area contributed by atoms with Crippen LogP contribution in [0.5, 0.6) is 0 Å². The minimum atomic E-state index is 0. The van der Waals surface area contributed by atoms with Gasteiger partial charge in [0.2, 0.25) is 0 Å². The van der Waals surface area contributed by atoms with E-state index in [0.29, 0.717) is 6.54 Å². The molecule has 0 spiro atoms. The van der Waals surface area contributed by atoms with E-state index in [-0.39, 0.29) is 20.1 Å². The third-order valence-electron chi connectivity index (χ3n) is 2.02. The molecule has 0 aliphatic carbocycles. The van der Waals surface area contributed by atoms with Gasteiger partial charge in [-0.2, -0.15) is 0 Å². The van der Waals surface area contributed by atoms with E-state index in [1.54, 1.807) is 6.20 Å². The summed E-state index contributed by atoms with van der Waals surface area (Å²) in [7, 11) is 0. The molecule has 2 rings (SSSR count).